The smallest absolute Gasteiger partial charge is 0.104 e. The van der Waals surface area contributed by atoms with Crippen LogP contribution in [-0.2, 0) is 28.4 Å². The number of aliphatic hydroxyl groups excluding tert-OH is 1. The maximum atomic E-state index is 9.06. The van der Waals surface area contributed by atoms with Crippen molar-refractivity contribution in [2.45, 2.75) is 108 Å². The molecule has 2 heterocycles. The van der Waals surface area contributed by atoms with Crippen LogP contribution in [-0.4, -0.2) is 88.5 Å². The molecule has 188 valence electrons. The molecular formula is C25H46O7. The second kappa shape index (κ2) is 16.4. The first-order valence-electron chi connectivity index (χ1n) is 13.1. The number of hydrogen-bond acceptors (Lipinski definition) is 7. The Morgan fingerprint density at radius 1 is 0.531 bits per heavy atom. The summed E-state index contributed by atoms with van der Waals surface area (Å²) in [7, 11) is 0. The average molecular weight is 459 g/mol. The van der Waals surface area contributed by atoms with Gasteiger partial charge in [0, 0.05) is 0 Å². The van der Waals surface area contributed by atoms with E-state index in [1.54, 1.807) is 0 Å². The maximum absolute atomic E-state index is 9.06. The van der Waals surface area contributed by atoms with Crippen molar-refractivity contribution in [3.63, 3.8) is 0 Å². The van der Waals surface area contributed by atoms with Gasteiger partial charge in [-0.3, -0.25) is 0 Å². The molecule has 0 amide bonds. The largest absolute Gasteiger partial charge is 0.394 e. The third kappa shape index (κ3) is 10.8. The van der Waals surface area contributed by atoms with Crippen molar-refractivity contribution in [1.29, 1.82) is 0 Å². The number of hydrogen-bond donors (Lipinski definition) is 1. The highest BCUT2D eigenvalue weighted by atomic mass is 16.6. The van der Waals surface area contributed by atoms with Gasteiger partial charge in [0.2, 0.25) is 0 Å². The molecule has 1 saturated carbocycles. The van der Waals surface area contributed by atoms with E-state index in [1.807, 2.05) is 0 Å². The van der Waals surface area contributed by atoms with Crippen LogP contribution in [0.1, 0.15) is 77.0 Å². The highest BCUT2D eigenvalue weighted by Crippen LogP contribution is 2.20. The molecule has 4 unspecified atom stereocenters. The lowest BCUT2D eigenvalue weighted by atomic mass is 10.0. The van der Waals surface area contributed by atoms with Gasteiger partial charge in [-0.25, -0.2) is 0 Å². The van der Waals surface area contributed by atoms with Crippen LogP contribution in [0.15, 0.2) is 0 Å². The minimum Gasteiger partial charge on any atom is -0.394 e. The fourth-order valence-corrected chi connectivity index (χ4v) is 4.60. The Hall–Kier alpha value is -0.280. The summed E-state index contributed by atoms with van der Waals surface area (Å²) in [6, 6.07) is 0. The standard InChI is InChI=1S/C25H46O7/c26-13-22-16-30-23(17-29-22)14-27-15-24-18-32-25(20-31-24)19-28-21-11-9-7-5-3-1-2-4-6-8-10-12-21/h21-26H,1-20H2. The topological polar surface area (TPSA) is 75.6 Å². The van der Waals surface area contributed by atoms with E-state index in [4.69, 9.17) is 33.5 Å². The summed E-state index contributed by atoms with van der Waals surface area (Å²) in [6.45, 7) is 3.52. The molecule has 1 N–H and O–H groups in total. The quantitative estimate of drug-likeness (QED) is 0.595. The van der Waals surface area contributed by atoms with Gasteiger partial charge in [0.25, 0.3) is 0 Å². The zero-order valence-electron chi connectivity index (χ0n) is 19.9. The Morgan fingerprint density at radius 3 is 1.38 bits per heavy atom. The van der Waals surface area contributed by atoms with E-state index in [0.29, 0.717) is 52.4 Å². The van der Waals surface area contributed by atoms with Crippen molar-refractivity contribution >= 4 is 0 Å². The zero-order valence-corrected chi connectivity index (χ0v) is 19.9. The van der Waals surface area contributed by atoms with Crippen LogP contribution in [0.25, 0.3) is 0 Å². The summed E-state index contributed by atoms with van der Waals surface area (Å²) in [5, 5.41) is 9.06. The predicted octanol–water partition coefficient (Wildman–Crippen LogP) is 3.64. The minimum atomic E-state index is -0.213. The van der Waals surface area contributed by atoms with Crippen LogP contribution < -0.4 is 0 Å². The second-order valence-corrected chi connectivity index (χ2v) is 9.61. The molecule has 1 aliphatic carbocycles. The first-order chi connectivity index (χ1) is 15.8. The zero-order chi connectivity index (χ0) is 22.3. The summed E-state index contributed by atoms with van der Waals surface area (Å²) in [5.41, 5.74) is 0. The van der Waals surface area contributed by atoms with E-state index in [9.17, 15) is 0 Å². The third-order valence-corrected chi connectivity index (χ3v) is 6.70. The van der Waals surface area contributed by atoms with Gasteiger partial charge in [0.05, 0.1) is 59.0 Å². The van der Waals surface area contributed by atoms with Gasteiger partial charge in [-0.2, -0.15) is 0 Å². The fraction of sp³-hybridized carbons (Fsp3) is 1.00. The monoisotopic (exact) mass is 458 g/mol. The highest BCUT2D eigenvalue weighted by Gasteiger charge is 2.25. The minimum absolute atomic E-state index is 0.00748. The molecule has 3 rings (SSSR count). The van der Waals surface area contributed by atoms with Crippen molar-refractivity contribution in [2.24, 2.45) is 0 Å². The van der Waals surface area contributed by atoms with E-state index < -0.39 is 0 Å². The first kappa shape index (κ1) is 26.3. The van der Waals surface area contributed by atoms with Crippen LogP contribution in [0.5, 0.6) is 0 Å². The normalized spacial score (nSPS) is 32.5. The van der Waals surface area contributed by atoms with Gasteiger partial charge in [0.1, 0.15) is 24.4 Å². The van der Waals surface area contributed by atoms with E-state index >= 15 is 0 Å². The van der Waals surface area contributed by atoms with E-state index in [2.05, 4.69) is 0 Å². The summed E-state index contributed by atoms with van der Waals surface area (Å²) >= 11 is 0. The lowest BCUT2D eigenvalue weighted by molar-refractivity contribution is -0.186. The number of aliphatic hydroxyl groups is 1. The summed E-state index contributed by atoms with van der Waals surface area (Å²) in [5.74, 6) is 0. The van der Waals surface area contributed by atoms with E-state index in [1.165, 1.54) is 77.0 Å². The molecule has 2 aliphatic heterocycles. The van der Waals surface area contributed by atoms with Crippen LogP contribution >= 0.6 is 0 Å². The van der Waals surface area contributed by atoms with Crippen LogP contribution in [0.3, 0.4) is 0 Å². The molecule has 3 fully saturated rings. The van der Waals surface area contributed by atoms with Crippen molar-refractivity contribution in [1.82, 2.24) is 0 Å². The molecule has 0 spiro atoms. The van der Waals surface area contributed by atoms with Crippen molar-refractivity contribution in [3.8, 4) is 0 Å². The Morgan fingerprint density at radius 2 is 0.938 bits per heavy atom. The van der Waals surface area contributed by atoms with Crippen LogP contribution in [0.4, 0.5) is 0 Å². The lowest BCUT2D eigenvalue weighted by Crippen LogP contribution is -2.43. The molecule has 0 aromatic rings. The highest BCUT2D eigenvalue weighted by molar-refractivity contribution is 4.71. The molecule has 4 atom stereocenters. The molecule has 0 radical (unpaired) electrons. The molecule has 3 aliphatic rings. The Labute approximate surface area is 194 Å². The number of rotatable bonds is 8. The Bertz CT molecular complexity index is 434. The molecule has 2 saturated heterocycles. The molecule has 0 bridgehead atoms. The van der Waals surface area contributed by atoms with Crippen molar-refractivity contribution < 1.29 is 33.5 Å². The van der Waals surface area contributed by atoms with E-state index in [-0.39, 0.29) is 31.0 Å². The summed E-state index contributed by atoms with van der Waals surface area (Å²) in [6.07, 6.45) is 16.0. The molecule has 7 nitrogen and oxygen atoms in total. The fourth-order valence-electron chi connectivity index (χ4n) is 4.60. The SMILES string of the molecule is OCC1COC(COCC2COC(COC3CCCCCCCCCCCC3)CO2)CO1. The van der Waals surface area contributed by atoms with Gasteiger partial charge in [0.15, 0.2) is 0 Å². The lowest BCUT2D eigenvalue weighted by Gasteiger charge is -2.31. The maximum Gasteiger partial charge on any atom is 0.104 e. The van der Waals surface area contributed by atoms with Gasteiger partial charge in [-0.05, 0) is 12.8 Å². The van der Waals surface area contributed by atoms with Crippen LogP contribution in [0, 0.1) is 0 Å². The van der Waals surface area contributed by atoms with Gasteiger partial charge in [-0.1, -0.05) is 64.2 Å². The molecule has 0 aromatic carbocycles. The van der Waals surface area contributed by atoms with Crippen molar-refractivity contribution in [3.05, 3.63) is 0 Å². The van der Waals surface area contributed by atoms with Gasteiger partial charge in [-0.15, -0.1) is 0 Å². The predicted molar refractivity (Wildman–Crippen MR) is 122 cm³/mol. The summed E-state index contributed by atoms with van der Waals surface area (Å²) < 4.78 is 35.1. The average Bonchev–Trinajstić information content (AvgIpc) is 2.86. The Balaban J connectivity index is 1.24. The molecule has 7 heteroatoms. The third-order valence-electron chi connectivity index (χ3n) is 6.70. The van der Waals surface area contributed by atoms with Crippen molar-refractivity contribution in [2.75, 3.05) is 52.9 Å². The first-order valence-corrected chi connectivity index (χ1v) is 13.1. The van der Waals surface area contributed by atoms with E-state index in [0.717, 1.165) is 0 Å². The van der Waals surface area contributed by atoms with Gasteiger partial charge >= 0.3 is 0 Å². The molecule has 0 aromatic heterocycles. The van der Waals surface area contributed by atoms with Gasteiger partial charge < -0.3 is 33.5 Å². The Kier molecular flexibility index (Phi) is 13.5. The van der Waals surface area contributed by atoms with Crippen LogP contribution in [0.2, 0.25) is 0 Å². The summed E-state index contributed by atoms with van der Waals surface area (Å²) in [4.78, 5) is 0. The molecular weight excluding hydrogens is 412 g/mol. The second-order valence-electron chi connectivity index (χ2n) is 9.61. The number of ether oxygens (including phenoxy) is 6. The molecule has 32 heavy (non-hydrogen) atoms.